The summed E-state index contributed by atoms with van der Waals surface area (Å²) in [6.07, 6.45) is 3.91. The molecule has 0 aliphatic rings. The van der Waals surface area contributed by atoms with E-state index in [0.717, 1.165) is 24.6 Å². The van der Waals surface area contributed by atoms with Gasteiger partial charge in [0.25, 0.3) is 0 Å². The smallest absolute Gasteiger partial charge is 0.384 e. The van der Waals surface area contributed by atoms with Gasteiger partial charge in [-0.15, -0.1) is 0 Å². The first-order valence-electron chi connectivity index (χ1n) is 4.70. The fraction of sp³-hybridized carbons (Fsp3) is 0.500. The minimum atomic E-state index is -1.02. The van der Waals surface area contributed by atoms with Crippen LogP contribution in [-0.2, 0) is 15.3 Å². The predicted molar refractivity (Wildman–Crippen MR) is 57.1 cm³/mol. The molecular formula is C10H16NO2Si. The summed E-state index contributed by atoms with van der Waals surface area (Å²) in [5.74, 6) is 0. The number of pyridine rings is 1. The van der Waals surface area contributed by atoms with Crippen molar-refractivity contribution < 1.29 is 8.85 Å². The molecule has 77 valence electrons. The Balaban J connectivity index is 2.21. The fourth-order valence-corrected chi connectivity index (χ4v) is 2.29. The molecule has 0 bridgehead atoms. The first kappa shape index (κ1) is 11.4. The highest BCUT2D eigenvalue weighted by Gasteiger charge is 2.10. The third-order valence-corrected chi connectivity index (χ3v) is 3.67. The summed E-state index contributed by atoms with van der Waals surface area (Å²) in [5.41, 5.74) is 1.14. The topological polar surface area (TPSA) is 31.4 Å². The Morgan fingerprint density at radius 2 is 2.07 bits per heavy atom. The zero-order chi connectivity index (χ0) is 10.2. The van der Waals surface area contributed by atoms with E-state index in [1.807, 2.05) is 24.4 Å². The van der Waals surface area contributed by atoms with Crippen LogP contribution in [0.4, 0.5) is 0 Å². The van der Waals surface area contributed by atoms with Crippen LogP contribution in [0.1, 0.15) is 12.1 Å². The van der Waals surface area contributed by atoms with Crippen LogP contribution in [0.5, 0.6) is 0 Å². The van der Waals surface area contributed by atoms with Crippen molar-refractivity contribution in [2.45, 2.75) is 18.9 Å². The monoisotopic (exact) mass is 210 g/mol. The van der Waals surface area contributed by atoms with Crippen molar-refractivity contribution >= 4 is 9.28 Å². The van der Waals surface area contributed by atoms with Gasteiger partial charge in [-0.2, -0.15) is 0 Å². The summed E-state index contributed by atoms with van der Waals surface area (Å²) in [6.45, 7) is 0. The van der Waals surface area contributed by atoms with Gasteiger partial charge in [0.1, 0.15) is 0 Å². The van der Waals surface area contributed by atoms with Crippen LogP contribution in [0.3, 0.4) is 0 Å². The summed E-state index contributed by atoms with van der Waals surface area (Å²) in [5, 5.41) is 0. The Morgan fingerprint density at radius 1 is 1.29 bits per heavy atom. The molecule has 4 heteroatoms. The van der Waals surface area contributed by atoms with E-state index in [1.165, 1.54) is 0 Å². The molecule has 1 heterocycles. The van der Waals surface area contributed by atoms with Gasteiger partial charge in [0.15, 0.2) is 0 Å². The van der Waals surface area contributed by atoms with Crippen LogP contribution < -0.4 is 0 Å². The van der Waals surface area contributed by atoms with E-state index in [4.69, 9.17) is 8.85 Å². The van der Waals surface area contributed by atoms with Crippen LogP contribution in [-0.4, -0.2) is 28.5 Å². The van der Waals surface area contributed by atoms with Crippen molar-refractivity contribution in [1.29, 1.82) is 0 Å². The average Bonchev–Trinajstić information content (AvgIpc) is 2.26. The molecule has 0 saturated heterocycles. The van der Waals surface area contributed by atoms with Crippen molar-refractivity contribution in [1.82, 2.24) is 4.98 Å². The molecule has 0 fully saturated rings. The van der Waals surface area contributed by atoms with Gasteiger partial charge in [0.05, 0.1) is 0 Å². The fourth-order valence-electron chi connectivity index (χ4n) is 1.25. The van der Waals surface area contributed by atoms with Crippen molar-refractivity contribution in [3.05, 3.63) is 30.1 Å². The SMILES string of the molecule is CO[Si](CCCc1ccccn1)OC. The lowest BCUT2D eigenvalue weighted by molar-refractivity contribution is 0.276. The van der Waals surface area contributed by atoms with Gasteiger partial charge < -0.3 is 8.85 Å². The van der Waals surface area contributed by atoms with E-state index in [-0.39, 0.29) is 0 Å². The van der Waals surface area contributed by atoms with Crippen molar-refractivity contribution in [2.24, 2.45) is 0 Å². The second-order valence-corrected chi connectivity index (χ2v) is 5.02. The minimum Gasteiger partial charge on any atom is -0.397 e. The molecular weight excluding hydrogens is 194 g/mol. The molecule has 1 aromatic heterocycles. The number of aromatic nitrogens is 1. The largest absolute Gasteiger partial charge is 0.397 e. The first-order valence-corrected chi connectivity index (χ1v) is 6.23. The molecule has 1 aromatic rings. The van der Waals surface area contributed by atoms with E-state index in [1.54, 1.807) is 14.2 Å². The Labute approximate surface area is 86.9 Å². The molecule has 3 nitrogen and oxygen atoms in total. The number of nitrogens with zero attached hydrogens (tertiary/aromatic N) is 1. The third kappa shape index (κ3) is 4.00. The molecule has 0 aromatic carbocycles. The molecule has 0 atom stereocenters. The minimum absolute atomic E-state index is 1.00. The predicted octanol–water partition coefficient (Wildman–Crippen LogP) is 1.80. The maximum absolute atomic E-state index is 5.20. The lowest BCUT2D eigenvalue weighted by atomic mass is 10.2. The Hall–Kier alpha value is -0.713. The summed E-state index contributed by atoms with van der Waals surface area (Å²) in [6, 6.07) is 7.00. The summed E-state index contributed by atoms with van der Waals surface area (Å²) in [4.78, 5) is 4.26. The molecule has 0 amide bonds. The van der Waals surface area contributed by atoms with Crippen LogP contribution in [0.25, 0.3) is 0 Å². The lowest BCUT2D eigenvalue weighted by Gasteiger charge is -2.08. The van der Waals surface area contributed by atoms with Crippen LogP contribution in [0.15, 0.2) is 24.4 Å². The molecule has 1 radical (unpaired) electrons. The van der Waals surface area contributed by atoms with E-state index in [2.05, 4.69) is 4.98 Å². The summed E-state index contributed by atoms with van der Waals surface area (Å²) < 4.78 is 10.4. The molecule has 0 aliphatic carbocycles. The number of aryl methyl sites for hydroxylation is 1. The second-order valence-electron chi connectivity index (χ2n) is 2.95. The molecule has 0 spiro atoms. The summed E-state index contributed by atoms with van der Waals surface area (Å²) >= 11 is 0. The maximum atomic E-state index is 5.20. The van der Waals surface area contributed by atoms with Crippen molar-refractivity contribution in [3.8, 4) is 0 Å². The van der Waals surface area contributed by atoms with Gasteiger partial charge in [-0.25, -0.2) is 0 Å². The normalized spacial score (nSPS) is 10.8. The van der Waals surface area contributed by atoms with Gasteiger partial charge in [0, 0.05) is 26.1 Å². The first-order chi connectivity index (χ1) is 6.86. The lowest BCUT2D eigenvalue weighted by Crippen LogP contribution is -2.18. The average molecular weight is 210 g/mol. The highest BCUT2D eigenvalue weighted by molar-refractivity contribution is 6.44. The van der Waals surface area contributed by atoms with E-state index < -0.39 is 9.28 Å². The van der Waals surface area contributed by atoms with Crippen molar-refractivity contribution in [3.63, 3.8) is 0 Å². The van der Waals surface area contributed by atoms with Gasteiger partial charge in [-0.1, -0.05) is 6.07 Å². The standard InChI is InChI=1S/C10H16NO2Si/c1-12-14(13-2)9-5-7-10-6-3-4-8-11-10/h3-4,6,8H,5,7,9H2,1-2H3. The van der Waals surface area contributed by atoms with Crippen LogP contribution in [0.2, 0.25) is 6.04 Å². The Kier molecular flexibility index (Phi) is 5.44. The van der Waals surface area contributed by atoms with E-state index in [9.17, 15) is 0 Å². The Bertz CT molecular complexity index is 239. The number of hydrogen-bond acceptors (Lipinski definition) is 3. The third-order valence-electron chi connectivity index (χ3n) is 2.00. The van der Waals surface area contributed by atoms with E-state index in [0.29, 0.717) is 0 Å². The van der Waals surface area contributed by atoms with Crippen LogP contribution >= 0.6 is 0 Å². The van der Waals surface area contributed by atoms with Crippen LogP contribution in [0, 0.1) is 0 Å². The molecule has 1 rings (SSSR count). The molecule has 0 N–H and O–H groups in total. The highest BCUT2D eigenvalue weighted by atomic mass is 28.3. The maximum Gasteiger partial charge on any atom is 0.384 e. The van der Waals surface area contributed by atoms with E-state index >= 15 is 0 Å². The van der Waals surface area contributed by atoms with Gasteiger partial charge in [0.2, 0.25) is 0 Å². The van der Waals surface area contributed by atoms with Gasteiger partial charge >= 0.3 is 9.28 Å². The van der Waals surface area contributed by atoms with Gasteiger partial charge in [-0.05, 0) is 31.0 Å². The molecule has 0 aliphatic heterocycles. The molecule has 0 unspecified atom stereocenters. The van der Waals surface area contributed by atoms with Gasteiger partial charge in [-0.3, -0.25) is 4.98 Å². The zero-order valence-corrected chi connectivity index (χ0v) is 9.69. The zero-order valence-electron chi connectivity index (χ0n) is 8.69. The summed E-state index contributed by atoms with van der Waals surface area (Å²) in [7, 11) is 2.39. The highest BCUT2D eigenvalue weighted by Crippen LogP contribution is 2.05. The molecule has 0 saturated carbocycles. The Morgan fingerprint density at radius 3 is 2.64 bits per heavy atom. The quantitative estimate of drug-likeness (QED) is 0.671. The number of rotatable bonds is 6. The second kappa shape index (κ2) is 6.70. The molecule has 14 heavy (non-hydrogen) atoms. The number of hydrogen-bond donors (Lipinski definition) is 0. The van der Waals surface area contributed by atoms with Crippen molar-refractivity contribution in [2.75, 3.05) is 14.2 Å².